The van der Waals surface area contributed by atoms with Crippen LogP contribution >= 0.6 is 0 Å². The molecule has 0 atom stereocenters. The Hall–Kier alpha value is 0.600. The molecule has 0 spiro atoms. The largest absolute Gasteiger partial charge is 1.00 e. The van der Waals surface area contributed by atoms with Crippen LogP contribution in [-0.2, 0) is 4.79 Å². The zero-order valence-electron chi connectivity index (χ0n) is 4.73. The molecule has 2 nitrogen and oxygen atoms in total. The van der Waals surface area contributed by atoms with Crippen LogP contribution in [0.3, 0.4) is 0 Å². The van der Waals surface area contributed by atoms with Gasteiger partial charge in [-0.05, 0) is 6.42 Å². The molecule has 8 heavy (non-hydrogen) atoms. The van der Waals surface area contributed by atoms with Crippen LogP contribution in [0.25, 0.3) is 0 Å². The molecule has 0 saturated carbocycles. The molecule has 0 saturated heterocycles. The van der Waals surface area contributed by atoms with Crippen LogP contribution in [0, 0.1) is 0 Å². The maximum Gasteiger partial charge on any atom is 1.00 e. The number of aliphatic carboxylic acids is 1. The van der Waals surface area contributed by atoms with Gasteiger partial charge in [0.05, 0.1) is 0 Å². The molecule has 0 N–H and O–H groups in total. The van der Waals surface area contributed by atoms with E-state index in [0.29, 0.717) is 6.42 Å². The number of hydrogen-bond donors (Lipinski definition) is 0. The number of carbonyl (C=O) groups excluding carboxylic acids is 1. The Morgan fingerprint density at radius 2 is 2.00 bits per heavy atom. The summed E-state index contributed by atoms with van der Waals surface area (Å²) in [6, 6.07) is 0. The van der Waals surface area contributed by atoms with Gasteiger partial charge in [-0.2, -0.15) is 0 Å². The third-order valence-corrected chi connectivity index (χ3v) is 0.454. The van der Waals surface area contributed by atoms with Crippen molar-refractivity contribution in [2.24, 2.45) is 0 Å². The smallest absolute Gasteiger partial charge is 0.550 e. The Bertz CT molecular complexity index is 58.0. The van der Waals surface area contributed by atoms with Gasteiger partial charge in [0.2, 0.25) is 0 Å². The molecule has 0 radical (unpaired) electrons. The maximum absolute atomic E-state index is 9.49. The van der Waals surface area contributed by atoms with Crippen LogP contribution < -0.4 is 24.0 Å². The van der Waals surface area contributed by atoms with Gasteiger partial charge in [0.1, 0.15) is 0 Å². The molecular formula is C4H10AlLiO2. The van der Waals surface area contributed by atoms with E-state index >= 15 is 0 Å². The van der Waals surface area contributed by atoms with Crippen molar-refractivity contribution in [3.63, 3.8) is 0 Å². The molecule has 4 heteroatoms. The van der Waals surface area contributed by atoms with E-state index in [2.05, 4.69) is 0 Å². The predicted molar refractivity (Wildman–Crippen MR) is 29.9 cm³/mol. The zero-order chi connectivity index (χ0) is 4.99. The van der Waals surface area contributed by atoms with Crippen molar-refractivity contribution in [2.75, 3.05) is 0 Å². The van der Waals surface area contributed by atoms with Crippen molar-refractivity contribution in [2.45, 2.75) is 19.8 Å². The monoisotopic (exact) mass is 124 g/mol. The first kappa shape index (κ1) is 15.8. The first-order valence-corrected chi connectivity index (χ1v) is 1.97. The summed E-state index contributed by atoms with van der Waals surface area (Å²) in [5, 5.41) is 9.49. The molecular weight excluding hydrogens is 114 g/mol. The summed E-state index contributed by atoms with van der Waals surface area (Å²) in [7, 11) is 0. The fraction of sp³-hybridized carbons (Fsp3) is 0.750. The van der Waals surface area contributed by atoms with Crippen LogP contribution in [0.2, 0.25) is 0 Å². The van der Waals surface area contributed by atoms with Gasteiger partial charge < -0.3 is 9.90 Å². The van der Waals surface area contributed by atoms with Crippen molar-refractivity contribution in [1.29, 1.82) is 0 Å². The van der Waals surface area contributed by atoms with Gasteiger partial charge in [-0.25, -0.2) is 0 Å². The molecule has 0 heterocycles. The standard InChI is InChI=1S/C4H8O2.Al.Li.3H/c1-2-3-4(5)6;;;;;/h2-3H2,1H3,(H,5,6);;;;;/q;;+1;;;/p-1. The van der Waals surface area contributed by atoms with E-state index in [9.17, 15) is 9.90 Å². The van der Waals surface area contributed by atoms with Gasteiger partial charge in [-0.1, -0.05) is 13.3 Å². The molecule has 0 fully saturated rings. The molecule has 0 amide bonds. The Labute approximate surface area is 72.0 Å². The number of carbonyl (C=O) groups is 1. The second-order valence-corrected chi connectivity index (χ2v) is 1.12. The summed E-state index contributed by atoms with van der Waals surface area (Å²) >= 11 is 0. The van der Waals surface area contributed by atoms with Crippen LogP contribution in [0.4, 0.5) is 0 Å². The minimum absolute atomic E-state index is 0. The average molecular weight is 124 g/mol. The second-order valence-electron chi connectivity index (χ2n) is 1.12. The fourth-order valence-corrected chi connectivity index (χ4v) is 0.204. The molecule has 0 aromatic heterocycles. The van der Waals surface area contributed by atoms with E-state index in [1.165, 1.54) is 0 Å². The molecule has 0 rings (SSSR count). The third-order valence-electron chi connectivity index (χ3n) is 0.454. The Kier molecular flexibility index (Phi) is 20.9. The van der Waals surface area contributed by atoms with Gasteiger partial charge in [0.25, 0.3) is 0 Å². The van der Waals surface area contributed by atoms with E-state index in [4.69, 9.17) is 0 Å². The van der Waals surface area contributed by atoms with Crippen molar-refractivity contribution in [3.05, 3.63) is 0 Å². The number of hydrogen-bond acceptors (Lipinski definition) is 2. The van der Waals surface area contributed by atoms with Gasteiger partial charge in [0.15, 0.2) is 17.4 Å². The fourth-order valence-electron chi connectivity index (χ4n) is 0.204. The van der Waals surface area contributed by atoms with Crippen molar-refractivity contribution < 1.29 is 28.8 Å². The number of carboxylic acids is 1. The average Bonchev–Trinajstić information content (AvgIpc) is 1.35. The van der Waals surface area contributed by atoms with Crippen LogP contribution in [-0.4, -0.2) is 23.3 Å². The zero-order valence-corrected chi connectivity index (χ0v) is 4.73. The van der Waals surface area contributed by atoms with Crippen molar-refractivity contribution in [1.82, 2.24) is 0 Å². The summed E-state index contributed by atoms with van der Waals surface area (Å²) < 4.78 is 0. The van der Waals surface area contributed by atoms with E-state index in [1.807, 2.05) is 0 Å². The molecule has 0 aromatic carbocycles. The number of rotatable bonds is 2. The summed E-state index contributed by atoms with van der Waals surface area (Å²) in [6.45, 7) is 1.80. The minimum atomic E-state index is -0.961. The van der Waals surface area contributed by atoms with Crippen molar-refractivity contribution in [3.8, 4) is 0 Å². The molecule has 0 bridgehead atoms. The van der Waals surface area contributed by atoms with E-state index in [1.54, 1.807) is 6.92 Å². The van der Waals surface area contributed by atoms with Gasteiger partial charge in [0, 0.05) is 5.97 Å². The normalized spacial score (nSPS) is 6.12. The van der Waals surface area contributed by atoms with E-state index in [0.717, 1.165) is 0 Å². The summed E-state index contributed by atoms with van der Waals surface area (Å²) in [5.74, 6) is -0.961. The van der Waals surface area contributed by atoms with Crippen molar-refractivity contribution >= 4 is 23.3 Å². The van der Waals surface area contributed by atoms with Gasteiger partial charge >= 0.3 is 18.9 Å². The summed E-state index contributed by atoms with van der Waals surface area (Å²) in [5.41, 5.74) is 0. The molecule has 0 aliphatic rings. The topological polar surface area (TPSA) is 40.1 Å². The minimum Gasteiger partial charge on any atom is -0.550 e. The van der Waals surface area contributed by atoms with Crippen LogP contribution in [0.5, 0.6) is 0 Å². The Balaban J connectivity index is -0.000000125. The molecule has 42 valence electrons. The summed E-state index contributed by atoms with van der Waals surface area (Å²) in [4.78, 5) is 9.49. The van der Waals surface area contributed by atoms with Crippen LogP contribution in [0.1, 0.15) is 19.8 Å². The maximum atomic E-state index is 9.49. The van der Waals surface area contributed by atoms with E-state index < -0.39 is 5.97 Å². The van der Waals surface area contributed by atoms with Crippen LogP contribution in [0.15, 0.2) is 0 Å². The molecule has 0 aromatic rings. The summed E-state index contributed by atoms with van der Waals surface area (Å²) in [6.07, 6.45) is 0.850. The molecule has 0 unspecified atom stereocenters. The predicted octanol–water partition coefficient (Wildman–Crippen LogP) is -4.64. The Morgan fingerprint density at radius 3 is 2.00 bits per heavy atom. The van der Waals surface area contributed by atoms with E-state index in [-0.39, 0.29) is 42.6 Å². The molecule has 0 aliphatic heterocycles. The molecule has 0 aliphatic carbocycles. The quantitative estimate of drug-likeness (QED) is 0.347. The second kappa shape index (κ2) is 10.6. The van der Waals surface area contributed by atoms with Gasteiger partial charge in [-0.15, -0.1) is 0 Å². The Morgan fingerprint density at radius 1 is 1.62 bits per heavy atom. The SMILES string of the molecule is CCCC(=O)[O-].[AlH3].[Li+]. The first-order valence-electron chi connectivity index (χ1n) is 1.97. The van der Waals surface area contributed by atoms with Gasteiger partial charge in [-0.3, -0.25) is 0 Å². The first-order chi connectivity index (χ1) is 2.77. The number of carboxylic acid groups (broad SMARTS) is 1. The third kappa shape index (κ3) is 16.0.